The van der Waals surface area contributed by atoms with Crippen LogP contribution in [0.25, 0.3) is 0 Å². The van der Waals surface area contributed by atoms with Crippen molar-refractivity contribution in [2.75, 3.05) is 20.2 Å². The number of likely N-dealkylation sites (tertiary alicyclic amines) is 1. The number of ether oxygens (including phenoxy) is 2. The largest absolute Gasteiger partial charge is 0.469 e. The molecule has 1 saturated heterocycles. The number of aryl methyl sites for hydroxylation is 1. The van der Waals surface area contributed by atoms with Gasteiger partial charge >= 0.3 is 12.1 Å². The molecule has 134 valence electrons. The molecule has 0 aromatic heterocycles. The Kier molecular flexibility index (Phi) is 7.75. The van der Waals surface area contributed by atoms with Crippen molar-refractivity contribution in [1.29, 1.82) is 0 Å². The molecule has 0 N–H and O–H groups in total. The normalized spacial score (nSPS) is 16.9. The molecule has 5 nitrogen and oxygen atoms in total. The van der Waals surface area contributed by atoms with Crippen LogP contribution in [-0.2, 0) is 20.7 Å². The molecule has 1 aliphatic rings. The minimum Gasteiger partial charge on any atom is -0.469 e. The van der Waals surface area contributed by atoms with Crippen LogP contribution < -0.4 is 0 Å². The van der Waals surface area contributed by atoms with Crippen LogP contribution in [0.3, 0.4) is 0 Å². The summed E-state index contributed by atoms with van der Waals surface area (Å²) in [6.07, 6.45) is 1.42. The molecule has 2 rings (SSSR count). The van der Waals surface area contributed by atoms with Gasteiger partial charge in [-0.2, -0.15) is 0 Å². The summed E-state index contributed by atoms with van der Waals surface area (Å²) in [6.45, 7) is 8.56. The molecule has 1 amide bonds. The number of nitrogens with zero attached hydrogens (tertiary/aromatic N) is 1. The lowest BCUT2D eigenvalue weighted by molar-refractivity contribution is -0.144. The molecule has 5 heteroatoms. The highest BCUT2D eigenvalue weighted by Crippen LogP contribution is 2.20. The van der Waals surface area contributed by atoms with Gasteiger partial charge in [0.15, 0.2) is 0 Å². The molecule has 1 heterocycles. The van der Waals surface area contributed by atoms with Crippen molar-refractivity contribution in [2.45, 2.75) is 46.1 Å². The van der Waals surface area contributed by atoms with Crippen molar-refractivity contribution in [2.24, 2.45) is 5.92 Å². The highest BCUT2D eigenvalue weighted by atomic mass is 16.6. The standard InChI is InChI=1S/C11H19NO4.C8H10/c1-11(2,3)16-10(14)12-6-5-8(7-12)9(13)15-4;1-2-8-6-4-3-5-7-8/h8H,5-7H2,1-4H3;3-7H,2H2,1H3/t8-;/m1./s1. The van der Waals surface area contributed by atoms with E-state index in [0.29, 0.717) is 19.5 Å². The second kappa shape index (κ2) is 9.30. The Morgan fingerprint density at radius 3 is 2.29 bits per heavy atom. The molecule has 0 saturated carbocycles. The van der Waals surface area contributed by atoms with Gasteiger partial charge in [0.25, 0.3) is 0 Å². The maximum absolute atomic E-state index is 11.7. The van der Waals surface area contributed by atoms with Crippen LogP contribution in [-0.4, -0.2) is 42.8 Å². The van der Waals surface area contributed by atoms with Crippen LogP contribution in [0.5, 0.6) is 0 Å². The molecule has 0 unspecified atom stereocenters. The predicted molar refractivity (Wildman–Crippen MR) is 93.8 cm³/mol. The minimum atomic E-state index is -0.500. The Bertz CT molecular complexity index is 522. The number of carbonyl (C=O) groups is 2. The number of rotatable bonds is 2. The predicted octanol–water partition coefficient (Wildman–Crippen LogP) is 3.67. The van der Waals surface area contributed by atoms with E-state index in [1.807, 2.05) is 26.8 Å². The Morgan fingerprint density at radius 2 is 1.83 bits per heavy atom. The van der Waals surface area contributed by atoms with Crippen molar-refractivity contribution in [3.63, 3.8) is 0 Å². The molecule has 1 aromatic rings. The van der Waals surface area contributed by atoms with Crippen molar-refractivity contribution in [3.05, 3.63) is 35.9 Å². The Morgan fingerprint density at radius 1 is 1.21 bits per heavy atom. The van der Waals surface area contributed by atoms with Gasteiger partial charge in [-0.15, -0.1) is 0 Å². The zero-order valence-electron chi connectivity index (χ0n) is 15.4. The lowest BCUT2D eigenvalue weighted by Crippen LogP contribution is -2.36. The van der Waals surface area contributed by atoms with Gasteiger partial charge in [-0.05, 0) is 39.2 Å². The summed E-state index contributed by atoms with van der Waals surface area (Å²) in [5.41, 5.74) is 0.910. The number of methoxy groups -OCH3 is 1. The summed E-state index contributed by atoms with van der Waals surface area (Å²) in [4.78, 5) is 24.5. The van der Waals surface area contributed by atoms with Crippen molar-refractivity contribution >= 4 is 12.1 Å². The van der Waals surface area contributed by atoms with Crippen LogP contribution in [0.1, 0.15) is 39.7 Å². The third kappa shape index (κ3) is 7.02. The first-order valence-electron chi connectivity index (χ1n) is 8.36. The first kappa shape index (κ1) is 20.0. The monoisotopic (exact) mass is 335 g/mol. The van der Waals surface area contributed by atoms with E-state index >= 15 is 0 Å². The van der Waals surface area contributed by atoms with Crippen molar-refractivity contribution < 1.29 is 19.1 Å². The Balaban J connectivity index is 0.000000300. The second-order valence-corrected chi connectivity index (χ2v) is 6.77. The summed E-state index contributed by atoms with van der Waals surface area (Å²) < 4.78 is 9.86. The van der Waals surface area contributed by atoms with Gasteiger partial charge < -0.3 is 14.4 Å². The van der Waals surface area contributed by atoms with Gasteiger partial charge in [-0.3, -0.25) is 4.79 Å². The van der Waals surface area contributed by atoms with Gasteiger partial charge in [-0.1, -0.05) is 37.3 Å². The third-order valence-electron chi connectivity index (χ3n) is 3.63. The van der Waals surface area contributed by atoms with Gasteiger partial charge in [0.05, 0.1) is 13.0 Å². The summed E-state index contributed by atoms with van der Waals surface area (Å²) in [5.74, 6) is -0.469. The van der Waals surface area contributed by atoms with Crippen molar-refractivity contribution in [1.82, 2.24) is 4.90 Å². The zero-order chi connectivity index (χ0) is 18.2. The first-order chi connectivity index (χ1) is 11.3. The number of amides is 1. The summed E-state index contributed by atoms with van der Waals surface area (Å²) in [5, 5.41) is 0. The van der Waals surface area contributed by atoms with Gasteiger partial charge in [0.1, 0.15) is 5.60 Å². The number of hydrogen-bond donors (Lipinski definition) is 0. The highest BCUT2D eigenvalue weighted by molar-refractivity contribution is 5.75. The molecule has 0 radical (unpaired) electrons. The molecule has 0 bridgehead atoms. The molecular formula is C19H29NO4. The van der Waals surface area contributed by atoms with E-state index in [-0.39, 0.29) is 18.0 Å². The molecule has 1 aliphatic heterocycles. The van der Waals surface area contributed by atoms with Crippen LogP contribution in [0.15, 0.2) is 30.3 Å². The topological polar surface area (TPSA) is 55.8 Å². The fraction of sp³-hybridized carbons (Fsp3) is 0.579. The van der Waals surface area contributed by atoms with E-state index < -0.39 is 5.60 Å². The lowest BCUT2D eigenvalue weighted by Gasteiger charge is -2.24. The van der Waals surface area contributed by atoms with E-state index in [2.05, 4.69) is 35.9 Å². The number of esters is 1. The molecule has 24 heavy (non-hydrogen) atoms. The first-order valence-corrected chi connectivity index (χ1v) is 8.36. The molecule has 1 fully saturated rings. The molecule has 1 aromatic carbocycles. The number of benzene rings is 1. The molecule has 0 aliphatic carbocycles. The average Bonchev–Trinajstić information content (AvgIpc) is 3.04. The van der Waals surface area contributed by atoms with Crippen molar-refractivity contribution in [3.8, 4) is 0 Å². The fourth-order valence-corrected chi connectivity index (χ4v) is 2.33. The molecule has 0 spiro atoms. The van der Waals surface area contributed by atoms with E-state index in [9.17, 15) is 9.59 Å². The van der Waals surface area contributed by atoms with E-state index in [1.165, 1.54) is 12.7 Å². The zero-order valence-corrected chi connectivity index (χ0v) is 15.4. The van der Waals surface area contributed by atoms with Gasteiger partial charge in [0.2, 0.25) is 0 Å². The summed E-state index contributed by atoms with van der Waals surface area (Å²) >= 11 is 0. The van der Waals surface area contributed by atoms with Crippen LogP contribution >= 0.6 is 0 Å². The SMILES string of the molecule is CCc1ccccc1.COC(=O)[C@@H]1CCN(C(=O)OC(C)(C)C)C1. The van der Waals surface area contributed by atoms with E-state index in [0.717, 1.165) is 6.42 Å². The third-order valence-corrected chi connectivity index (χ3v) is 3.63. The van der Waals surface area contributed by atoms with Crippen LogP contribution in [0.4, 0.5) is 4.79 Å². The Labute approximate surface area is 144 Å². The Hall–Kier alpha value is -2.04. The lowest BCUT2D eigenvalue weighted by atomic mass is 10.1. The smallest absolute Gasteiger partial charge is 0.410 e. The summed E-state index contributed by atoms with van der Waals surface area (Å²) in [7, 11) is 1.36. The van der Waals surface area contributed by atoms with E-state index in [1.54, 1.807) is 4.90 Å². The summed E-state index contributed by atoms with van der Waals surface area (Å²) in [6, 6.07) is 10.5. The average molecular weight is 335 g/mol. The number of carbonyl (C=O) groups excluding carboxylic acids is 2. The number of hydrogen-bond acceptors (Lipinski definition) is 4. The van der Waals surface area contributed by atoms with Crippen LogP contribution in [0, 0.1) is 5.92 Å². The minimum absolute atomic E-state index is 0.211. The van der Waals surface area contributed by atoms with Gasteiger partial charge in [0, 0.05) is 13.1 Å². The van der Waals surface area contributed by atoms with Crippen LogP contribution in [0.2, 0.25) is 0 Å². The second-order valence-electron chi connectivity index (χ2n) is 6.77. The van der Waals surface area contributed by atoms with Gasteiger partial charge in [-0.25, -0.2) is 4.79 Å². The maximum Gasteiger partial charge on any atom is 0.410 e. The maximum atomic E-state index is 11.7. The molecule has 1 atom stereocenters. The highest BCUT2D eigenvalue weighted by Gasteiger charge is 2.33. The quantitative estimate of drug-likeness (QED) is 0.774. The van der Waals surface area contributed by atoms with E-state index in [4.69, 9.17) is 4.74 Å². The molecular weight excluding hydrogens is 306 g/mol. The fourth-order valence-electron chi connectivity index (χ4n) is 2.33.